The van der Waals surface area contributed by atoms with Crippen molar-refractivity contribution < 1.29 is 8.78 Å². The summed E-state index contributed by atoms with van der Waals surface area (Å²) in [6.07, 6.45) is 3.01. The van der Waals surface area contributed by atoms with E-state index in [9.17, 15) is 8.78 Å². The van der Waals surface area contributed by atoms with Crippen molar-refractivity contribution >= 4 is 6.08 Å². The van der Waals surface area contributed by atoms with Crippen molar-refractivity contribution in [1.82, 2.24) is 0 Å². The van der Waals surface area contributed by atoms with E-state index in [1.807, 2.05) is 0 Å². The Morgan fingerprint density at radius 2 is 1.64 bits per heavy atom. The zero-order valence-corrected chi connectivity index (χ0v) is 5.85. The van der Waals surface area contributed by atoms with Gasteiger partial charge in [-0.1, -0.05) is 12.2 Å². The molecule has 0 amide bonds. The van der Waals surface area contributed by atoms with Crippen LogP contribution in [0.2, 0.25) is 0 Å². The summed E-state index contributed by atoms with van der Waals surface area (Å²) in [5.74, 6) is -1.14. The highest BCUT2D eigenvalue weighted by molar-refractivity contribution is 5.49. The smallest absolute Gasteiger partial charge is 0.126 e. The molecule has 0 aliphatic carbocycles. The van der Waals surface area contributed by atoms with Gasteiger partial charge in [0.15, 0.2) is 0 Å². The Hall–Kier alpha value is -1.18. The van der Waals surface area contributed by atoms with Gasteiger partial charge in [-0.25, -0.2) is 8.78 Å². The van der Waals surface area contributed by atoms with Crippen LogP contribution in [0.1, 0.15) is 5.56 Å². The zero-order chi connectivity index (χ0) is 8.27. The summed E-state index contributed by atoms with van der Waals surface area (Å²) in [6.45, 7) is 3.41. The largest absolute Gasteiger partial charge is 0.207 e. The average Bonchev–Trinajstić information content (AvgIpc) is 1.85. The van der Waals surface area contributed by atoms with Crippen molar-refractivity contribution in [2.24, 2.45) is 0 Å². The third kappa shape index (κ3) is 2.15. The third-order valence-corrected chi connectivity index (χ3v) is 1.20. The highest BCUT2D eigenvalue weighted by atomic mass is 19.1. The van der Waals surface area contributed by atoms with E-state index >= 15 is 0 Å². The van der Waals surface area contributed by atoms with Gasteiger partial charge in [-0.3, -0.25) is 0 Å². The summed E-state index contributed by atoms with van der Waals surface area (Å²) in [5, 5.41) is 0. The Balaban J connectivity index is 3.08. The lowest BCUT2D eigenvalue weighted by Gasteiger charge is -1.93. The second-order valence-electron chi connectivity index (χ2n) is 2.11. The van der Waals surface area contributed by atoms with E-state index in [0.717, 1.165) is 6.07 Å². The highest BCUT2D eigenvalue weighted by Crippen LogP contribution is 2.08. The lowest BCUT2D eigenvalue weighted by molar-refractivity contribution is 0.583. The average molecular weight is 153 g/mol. The first kappa shape index (κ1) is 7.92. The second kappa shape index (κ2) is 3.28. The molecule has 0 bridgehead atoms. The molecular formula is C9H7F2. The molecule has 2 heteroatoms. The molecule has 0 aromatic heterocycles. The monoisotopic (exact) mass is 153 g/mol. The topological polar surface area (TPSA) is 0 Å². The number of hydrogen-bond donors (Lipinski definition) is 0. The van der Waals surface area contributed by atoms with Crippen molar-refractivity contribution in [3.8, 4) is 0 Å². The Labute approximate surface area is 64.2 Å². The maximum absolute atomic E-state index is 12.5. The van der Waals surface area contributed by atoms with E-state index in [1.165, 1.54) is 24.3 Å². The minimum atomic E-state index is -0.571. The normalized spacial score (nSPS) is 10.8. The maximum Gasteiger partial charge on any atom is 0.126 e. The molecule has 0 heterocycles. The van der Waals surface area contributed by atoms with Crippen LogP contribution in [0.4, 0.5) is 8.78 Å². The first-order valence-electron chi connectivity index (χ1n) is 3.14. The summed E-state index contributed by atoms with van der Waals surface area (Å²) in [6, 6.07) is 3.32. The van der Waals surface area contributed by atoms with Crippen LogP contribution in [0.25, 0.3) is 6.08 Å². The van der Waals surface area contributed by atoms with Gasteiger partial charge in [0.25, 0.3) is 0 Å². The molecule has 1 aromatic rings. The molecule has 0 unspecified atom stereocenters. The van der Waals surface area contributed by atoms with Crippen molar-refractivity contribution in [3.63, 3.8) is 0 Å². The molecule has 11 heavy (non-hydrogen) atoms. The van der Waals surface area contributed by atoms with Gasteiger partial charge in [0.2, 0.25) is 0 Å². The summed E-state index contributed by atoms with van der Waals surface area (Å²) >= 11 is 0. The molecule has 0 fully saturated rings. The first-order chi connectivity index (χ1) is 5.22. The predicted octanol–water partition coefficient (Wildman–Crippen LogP) is 2.81. The Morgan fingerprint density at radius 1 is 1.09 bits per heavy atom. The van der Waals surface area contributed by atoms with Gasteiger partial charge >= 0.3 is 0 Å². The van der Waals surface area contributed by atoms with Gasteiger partial charge in [0.1, 0.15) is 11.6 Å². The maximum atomic E-state index is 12.5. The summed E-state index contributed by atoms with van der Waals surface area (Å²) in [4.78, 5) is 0. The molecule has 0 spiro atoms. The van der Waals surface area contributed by atoms with Crippen molar-refractivity contribution in [3.05, 3.63) is 48.4 Å². The van der Waals surface area contributed by atoms with Crippen LogP contribution < -0.4 is 0 Å². The van der Waals surface area contributed by atoms with Gasteiger partial charge < -0.3 is 0 Å². The van der Waals surface area contributed by atoms with Crippen LogP contribution in [0.15, 0.2) is 24.3 Å². The lowest BCUT2D eigenvalue weighted by Crippen LogP contribution is -1.80. The molecule has 1 rings (SSSR count). The van der Waals surface area contributed by atoms with Crippen LogP contribution in [0.3, 0.4) is 0 Å². The van der Waals surface area contributed by atoms with Crippen LogP contribution in [-0.2, 0) is 0 Å². The number of hydrogen-bond acceptors (Lipinski definition) is 0. The molecule has 0 saturated heterocycles. The molecule has 1 radical (unpaired) electrons. The number of rotatable bonds is 1. The van der Waals surface area contributed by atoms with E-state index in [-0.39, 0.29) is 0 Å². The first-order valence-corrected chi connectivity index (χ1v) is 3.14. The van der Waals surface area contributed by atoms with E-state index in [4.69, 9.17) is 0 Å². The molecular weight excluding hydrogens is 146 g/mol. The van der Waals surface area contributed by atoms with Crippen molar-refractivity contribution in [2.75, 3.05) is 0 Å². The fraction of sp³-hybridized carbons (Fsp3) is 0. The van der Waals surface area contributed by atoms with Gasteiger partial charge in [0.05, 0.1) is 0 Å². The molecule has 57 valence electrons. The van der Waals surface area contributed by atoms with E-state index in [0.29, 0.717) is 5.56 Å². The van der Waals surface area contributed by atoms with Crippen LogP contribution in [-0.4, -0.2) is 0 Å². The molecule has 0 nitrogen and oxygen atoms in total. The van der Waals surface area contributed by atoms with E-state index in [2.05, 4.69) is 6.92 Å². The fourth-order valence-electron chi connectivity index (χ4n) is 0.807. The quantitative estimate of drug-likeness (QED) is 0.582. The zero-order valence-electron chi connectivity index (χ0n) is 5.85. The van der Waals surface area contributed by atoms with Gasteiger partial charge in [-0.15, -0.1) is 0 Å². The van der Waals surface area contributed by atoms with Crippen molar-refractivity contribution in [2.45, 2.75) is 0 Å². The lowest BCUT2D eigenvalue weighted by atomic mass is 10.2. The van der Waals surface area contributed by atoms with E-state index in [1.54, 1.807) is 0 Å². The number of allylic oxidation sites excluding steroid dienone is 1. The fourth-order valence-corrected chi connectivity index (χ4v) is 0.807. The van der Waals surface area contributed by atoms with Gasteiger partial charge in [-0.05, 0) is 24.6 Å². The van der Waals surface area contributed by atoms with Gasteiger partial charge in [0, 0.05) is 6.07 Å². The Bertz CT molecular complexity index is 257. The van der Waals surface area contributed by atoms with Crippen LogP contribution in [0, 0.1) is 18.6 Å². The predicted molar refractivity (Wildman–Crippen MR) is 40.7 cm³/mol. The summed E-state index contributed by atoms with van der Waals surface area (Å²) < 4.78 is 24.9. The van der Waals surface area contributed by atoms with Crippen molar-refractivity contribution in [1.29, 1.82) is 0 Å². The molecule has 1 aromatic carbocycles. The minimum Gasteiger partial charge on any atom is -0.207 e. The van der Waals surface area contributed by atoms with Crippen LogP contribution in [0.5, 0.6) is 0 Å². The molecule has 0 saturated carbocycles. The van der Waals surface area contributed by atoms with Crippen LogP contribution >= 0.6 is 0 Å². The molecule has 0 aliphatic rings. The Morgan fingerprint density at radius 3 is 2.09 bits per heavy atom. The molecule has 0 aliphatic heterocycles. The highest BCUT2D eigenvalue weighted by Gasteiger charge is 1.95. The minimum absolute atomic E-state index is 0.484. The second-order valence-corrected chi connectivity index (χ2v) is 2.11. The third-order valence-electron chi connectivity index (χ3n) is 1.20. The standard InChI is InChI=1S/C9H7F2/c1-2-3-7-4-8(10)6-9(11)5-7/h2-6H,1H2/b3-2+. The van der Waals surface area contributed by atoms with E-state index < -0.39 is 11.6 Å². The van der Waals surface area contributed by atoms with Gasteiger partial charge in [-0.2, -0.15) is 0 Å². The number of halogens is 2. The number of benzene rings is 1. The summed E-state index contributed by atoms with van der Waals surface area (Å²) in [5.41, 5.74) is 0.484. The Kier molecular flexibility index (Phi) is 2.36. The molecule has 0 atom stereocenters. The molecule has 0 N–H and O–H groups in total. The SMILES string of the molecule is [CH2]/C=C/c1cc(F)cc(F)c1. The summed E-state index contributed by atoms with van der Waals surface area (Å²) in [7, 11) is 0.